The van der Waals surface area contributed by atoms with Gasteiger partial charge in [0.05, 0.1) is 5.92 Å². The van der Waals surface area contributed by atoms with E-state index in [2.05, 4.69) is 0 Å². The summed E-state index contributed by atoms with van der Waals surface area (Å²) in [4.78, 5) is 23.8. The molecule has 0 saturated carbocycles. The molecule has 23 heavy (non-hydrogen) atoms. The molecule has 4 heteroatoms. The van der Waals surface area contributed by atoms with E-state index in [0.29, 0.717) is 11.8 Å². The number of fused-ring (bicyclic) bond motifs is 1. The Kier molecular flexibility index (Phi) is 3.98. The average Bonchev–Trinajstić information content (AvgIpc) is 2.57. The molecule has 1 N–H and O–H groups in total. The fourth-order valence-corrected chi connectivity index (χ4v) is 2.81. The molecule has 0 radical (unpaired) electrons. The summed E-state index contributed by atoms with van der Waals surface area (Å²) >= 11 is 0. The highest BCUT2D eigenvalue weighted by molar-refractivity contribution is 5.81. The van der Waals surface area contributed by atoms with E-state index in [0.717, 1.165) is 16.6 Å². The molecular weight excluding hydrogens is 290 g/mol. The second kappa shape index (κ2) is 6.08. The van der Waals surface area contributed by atoms with Gasteiger partial charge in [0, 0.05) is 17.3 Å². The van der Waals surface area contributed by atoms with E-state index in [1.54, 1.807) is 41.1 Å². The zero-order chi connectivity index (χ0) is 16.4. The smallest absolute Gasteiger partial charge is 0.310 e. The zero-order valence-corrected chi connectivity index (χ0v) is 12.8. The monoisotopic (exact) mass is 307 g/mol. The van der Waals surface area contributed by atoms with E-state index in [1.165, 1.54) is 0 Å². The molecule has 1 aromatic heterocycles. The lowest BCUT2D eigenvalue weighted by Crippen LogP contribution is -2.17. The van der Waals surface area contributed by atoms with Gasteiger partial charge < -0.3 is 5.11 Å². The number of carbonyl (C=O) groups is 1. The molecule has 3 aromatic rings. The van der Waals surface area contributed by atoms with Gasteiger partial charge in [0.1, 0.15) is 0 Å². The Hall–Kier alpha value is -2.88. The van der Waals surface area contributed by atoms with Crippen LogP contribution in [-0.4, -0.2) is 15.6 Å². The van der Waals surface area contributed by atoms with Crippen molar-refractivity contribution in [3.63, 3.8) is 0 Å². The summed E-state index contributed by atoms with van der Waals surface area (Å²) in [5, 5.41) is 10.8. The molecule has 1 unspecified atom stereocenters. The molecule has 0 aliphatic carbocycles. The first-order chi connectivity index (χ1) is 11.1. The van der Waals surface area contributed by atoms with Gasteiger partial charge in [-0.1, -0.05) is 37.3 Å². The summed E-state index contributed by atoms with van der Waals surface area (Å²) in [6.07, 6.45) is 2.28. The SMILES string of the molecule is CCC(C(=O)O)c1ccc(-n2ccc3ccccc3c2=O)cc1. The third-order valence-electron chi connectivity index (χ3n) is 4.09. The predicted octanol–water partition coefficient (Wildman–Crippen LogP) is 3.57. The van der Waals surface area contributed by atoms with Crippen LogP contribution < -0.4 is 5.56 Å². The maximum atomic E-state index is 12.6. The molecule has 1 atom stereocenters. The van der Waals surface area contributed by atoms with Crippen LogP contribution >= 0.6 is 0 Å². The quantitative estimate of drug-likeness (QED) is 0.801. The summed E-state index contributed by atoms with van der Waals surface area (Å²) in [7, 11) is 0. The first-order valence-electron chi connectivity index (χ1n) is 7.55. The minimum atomic E-state index is -0.830. The van der Waals surface area contributed by atoms with Crippen molar-refractivity contribution in [1.29, 1.82) is 0 Å². The molecule has 0 bridgehead atoms. The van der Waals surface area contributed by atoms with Gasteiger partial charge in [-0.3, -0.25) is 14.2 Å². The van der Waals surface area contributed by atoms with Gasteiger partial charge in [-0.2, -0.15) is 0 Å². The van der Waals surface area contributed by atoms with Crippen molar-refractivity contribution in [3.8, 4) is 5.69 Å². The predicted molar refractivity (Wildman–Crippen MR) is 90.2 cm³/mol. The molecule has 0 spiro atoms. The molecule has 116 valence electrons. The van der Waals surface area contributed by atoms with Gasteiger partial charge in [0.15, 0.2) is 0 Å². The Bertz CT molecular complexity index is 910. The van der Waals surface area contributed by atoms with Crippen LogP contribution in [0.3, 0.4) is 0 Å². The van der Waals surface area contributed by atoms with Crippen LogP contribution in [0.25, 0.3) is 16.5 Å². The van der Waals surface area contributed by atoms with Crippen LogP contribution in [0.4, 0.5) is 0 Å². The van der Waals surface area contributed by atoms with Gasteiger partial charge in [0.2, 0.25) is 0 Å². The van der Waals surface area contributed by atoms with Crippen LogP contribution in [0.15, 0.2) is 65.6 Å². The molecule has 0 fully saturated rings. The number of hydrogen-bond donors (Lipinski definition) is 1. The van der Waals surface area contributed by atoms with Crippen LogP contribution in [0.2, 0.25) is 0 Å². The molecule has 0 amide bonds. The summed E-state index contributed by atoms with van der Waals surface area (Å²) in [6.45, 7) is 1.85. The third kappa shape index (κ3) is 2.75. The number of aliphatic carboxylic acids is 1. The normalized spacial score (nSPS) is 12.2. The number of hydrogen-bond acceptors (Lipinski definition) is 2. The molecule has 0 aliphatic rings. The van der Waals surface area contributed by atoms with Crippen LogP contribution in [-0.2, 0) is 4.79 Å². The zero-order valence-electron chi connectivity index (χ0n) is 12.8. The molecule has 0 saturated heterocycles. The first-order valence-corrected chi connectivity index (χ1v) is 7.55. The Morgan fingerprint density at radius 2 is 1.78 bits per heavy atom. The van der Waals surface area contributed by atoms with Crippen molar-refractivity contribution in [2.24, 2.45) is 0 Å². The number of benzene rings is 2. The van der Waals surface area contributed by atoms with Gasteiger partial charge in [-0.05, 0) is 41.6 Å². The van der Waals surface area contributed by atoms with Crippen molar-refractivity contribution >= 4 is 16.7 Å². The topological polar surface area (TPSA) is 59.3 Å². The number of nitrogens with zero attached hydrogens (tertiary/aromatic N) is 1. The fraction of sp³-hybridized carbons (Fsp3) is 0.158. The summed E-state index contributed by atoms with van der Waals surface area (Å²) in [5.74, 6) is -1.35. The van der Waals surface area contributed by atoms with Crippen LogP contribution in [0, 0.1) is 0 Å². The summed E-state index contributed by atoms with van der Waals surface area (Å²) < 4.78 is 1.58. The van der Waals surface area contributed by atoms with E-state index in [1.807, 2.05) is 31.2 Å². The minimum Gasteiger partial charge on any atom is -0.481 e. The van der Waals surface area contributed by atoms with E-state index in [9.17, 15) is 14.7 Å². The van der Waals surface area contributed by atoms with Crippen molar-refractivity contribution < 1.29 is 9.90 Å². The standard InChI is InChI=1S/C19H17NO3/c1-2-16(19(22)23)14-7-9-15(10-8-14)20-12-11-13-5-3-4-6-17(13)18(20)21/h3-12,16H,2H2,1H3,(H,22,23). The molecule has 4 nitrogen and oxygen atoms in total. The molecule has 3 rings (SSSR count). The largest absolute Gasteiger partial charge is 0.481 e. The summed E-state index contributed by atoms with van der Waals surface area (Å²) in [5.41, 5.74) is 1.39. The lowest BCUT2D eigenvalue weighted by atomic mass is 9.96. The van der Waals surface area contributed by atoms with E-state index >= 15 is 0 Å². The second-order valence-corrected chi connectivity index (χ2v) is 5.47. The maximum Gasteiger partial charge on any atom is 0.310 e. The summed E-state index contributed by atoms with van der Waals surface area (Å²) in [6, 6.07) is 16.5. The molecular formula is C19H17NO3. The highest BCUT2D eigenvalue weighted by Gasteiger charge is 2.17. The highest BCUT2D eigenvalue weighted by Crippen LogP contribution is 2.21. The Balaban J connectivity index is 2.05. The number of pyridine rings is 1. The number of aromatic nitrogens is 1. The lowest BCUT2D eigenvalue weighted by molar-refractivity contribution is -0.138. The van der Waals surface area contributed by atoms with E-state index in [-0.39, 0.29) is 5.56 Å². The van der Waals surface area contributed by atoms with Crippen molar-refractivity contribution in [2.75, 3.05) is 0 Å². The van der Waals surface area contributed by atoms with E-state index < -0.39 is 11.9 Å². The van der Waals surface area contributed by atoms with Gasteiger partial charge in [-0.15, -0.1) is 0 Å². The third-order valence-corrected chi connectivity index (χ3v) is 4.09. The lowest BCUT2D eigenvalue weighted by Gasteiger charge is -2.12. The van der Waals surface area contributed by atoms with Crippen molar-refractivity contribution in [1.82, 2.24) is 4.57 Å². The minimum absolute atomic E-state index is 0.0823. The first kappa shape index (κ1) is 15.0. The molecule has 1 heterocycles. The fourth-order valence-electron chi connectivity index (χ4n) is 2.81. The average molecular weight is 307 g/mol. The van der Waals surface area contributed by atoms with Crippen LogP contribution in [0.1, 0.15) is 24.8 Å². The number of carboxylic acid groups (broad SMARTS) is 1. The van der Waals surface area contributed by atoms with E-state index in [4.69, 9.17) is 0 Å². The van der Waals surface area contributed by atoms with Gasteiger partial charge in [0.25, 0.3) is 5.56 Å². The Morgan fingerprint density at radius 3 is 2.43 bits per heavy atom. The van der Waals surface area contributed by atoms with Crippen LogP contribution in [0.5, 0.6) is 0 Å². The van der Waals surface area contributed by atoms with Crippen molar-refractivity contribution in [3.05, 3.63) is 76.7 Å². The molecule has 2 aromatic carbocycles. The van der Waals surface area contributed by atoms with Gasteiger partial charge in [-0.25, -0.2) is 0 Å². The maximum absolute atomic E-state index is 12.6. The number of rotatable bonds is 4. The van der Waals surface area contributed by atoms with Crippen molar-refractivity contribution in [2.45, 2.75) is 19.3 Å². The Labute approximate surface area is 133 Å². The highest BCUT2D eigenvalue weighted by atomic mass is 16.4. The van der Waals surface area contributed by atoms with Gasteiger partial charge >= 0.3 is 5.97 Å². The number of carboxylic acids is 1. The second-order valence-electron chi connectivity index (χ2n) is 5.47. The Morgan fingerprint density at radius 1 is 1.09 bits per heavy atom. The molecule has 0 aliphatic heterocycles.